The summed E-state index contributed by atoms with van der Waals surface area (Å²) in [5.74, 6) is -0.114. The number of ether oxygens (including phenoxy) is 4. The number of hydrogen-bond acceptors (Lipinski definition) is 8. The second kappa shape index (κ2) is 19.1. The molecule has 0 aliphatic carbocycles. The molecule has 0 aromatic rings. The molecule has 0 heterocycles. The van der Waals surface area contributed by atoms with Gasteiger partial charge < -0.3 is 24.7 Å². The molecule has 0 saturated carbocycles. The van der Waals surface area contributed by atoms with Crippen molar-refractivity contribution >= 4 is 67.1 Å². The van der Waals surface area contributed by atoms with Crippen molar-refractivity contribution in [2.75, 3.05) is 17.2 Å². The van der Waals surface area contributed by atoms with Gasteiger partial charge in [0.2, 0.25) is 0 Å². The maximum absolute atomic E-state index is 11.0. The summed E-state index contributed by atoms with van der Waals surface area (Å²) in [6, 6.07) is 0. The molecule has 0 aromatic heterocycles. The van der Waals surface area contributed by atoms with Crippen molar-refractivity contribution in [2.45, 2.75) is 92.0 Å². The van der Waals surface area contributed by atoms with Crippen LogP contribution < -0.4 is 5.73 Å². The van der Waals surface area contributed by atoms with E-state index in [4.69, 9.17) is 19.9 Å². The lowest BCUT2D eigenvalue weighted by atomic mass is 10.2. The topological polar surface area (TPSA) is 114 Å². The van der Waals surface area contributed by atoms with Crippen molar-refractivity contribution in [2.24, 2.45) is 5.73 Å². The fourth-order valence-corrected chi connectivity index (χ4v) is 1.49. The number of carbonyl (C=O) groups excluding carboxylic acids is 3. The summed E-state index contributed by atoms with van der Waals surface area (Å²) < 4.78 is 18.9. The highest BCUT2D eigenvalue weighted by atomic mass is 79.9. The summed E-state index contributed by atoms with van der Waals surface area (Å²) in [6.07, 6.45) is -0.772. The van der Waals surface area contributed by atoms with Crippen LogP contribution in [-0.4, -0.2) is 52.3 Å². The van der Waals surface area contributed by atoms with Crippen molar-refractivity contribution in [1.29, 1.82) is 0 Å². The smallest absolute Gasteiger partial charge is 0.460 e. The van der Waals surface area contributed by atoms with Gasteiger partial charge in [0.05, 0.1) is 0 Å². The first-order valence-electron chi connectivity index (χ1n) is 9.54. The number of rotatable bonds is 4. The summed E-state index contributed by atoms with van der Waals surface area (Å²) in [5, 5.41) is 1.76. The molecule has 0 bridgehead atoms. The van der Waals surface area contributed by atoms with Gasteiger partial charge in [-0.1, -0.05) is 31.9 Å². The zero-order chi connectivity index (χ0) is 24.6. The Morgan fingerprint density at radius 1 is 0.710 bits per heavy atom. The average Bonchev–Trinajstić information content (AvgIpc) is 2.48. The molecule has 11 heteroatoms. The lowest BCUT2D eigenvalue weighted by molar-refractivity contribution is -0.154. The van der Waals surface area contributed by atoms with Crippen molar-refractivity contribution < 1.29 is 33.3 Å². The molecule has 0 fully saturated rings. The minimum atomic E-state index is -1.06. The first kappa shape index (κ1) is 37.9. The van der Waals surface area contributed by atoms with Crippen LogP contribution >= 0.6 is 48.8 Å². The molecule has 8 nitrogen and oxygen atoms in total. The van der Waals surface area contributed by atoms with Gasteiger partial charge in [-0.15, -0.1) is 17.0 Å². The molecule has 2 N–H and O–H groups in total. The molecule has 0 aliphatic heterocycles. The third kappa shape index (κ3) is 40.5. The molecule has 0 radical (unpaired) electrons. The molecular formula is C20H40Br3NO7. The first-order chi connectivity index (χ1) is 13.4. The fourth-order valence-electron chi connectivity index (χ4n) is 1.21. The van der Waals surface area contributed by atoms with Crippen molar-refractivity contribution in [3.63, 3.8) is 0 Å². The Morgan fingerprint density at radius 3 is 1.26 bits per heavy atom. The summed E-state index contributed by atoms with van der Waals surface area (Å²) in [6.45, 7) is 16.4. The molecule has 0 atom stereocenters. The van der Waals surface area contributed by atoms with Gasteiger partial charge >= 0.3 is 18.3 Å². The van der Waals surface area contributed by atoms with Crippen molar-refractivity contribution in [3.05, 3.63) is 0 Å². The first-order valence-corrected chi connectivity index (χ1v) is 11.8. The predicted octanol–water partition coefficient (Wildman–Crippen LogP) is 6.29. The van der Waals surface area contributed by atoms with Crippen molar-refractivity contribution in [1.82, 2.24) is 0 Å². The molecule has 0 aromatic carbocycles. The molecule has 0 amide bonds. The van der Waals surface area contributed by atoms with E-state index in [1.54, 1.807) is 41.5 Å². The second-order valence-corrected chi connectivity index (χ2v) is 10.5. The normalized spacial score (nSPS) is 10.7. The van der Waals surface area contributed by atoms with E-state index in [2.05, 4.69) is 36.6 Å². The van der Waals surface area contributed by atoms with Crippen LogP contribution in [0.2, 0.25) is 0 Å². The van der Waals surface area contributed by atoms with Gasteiger partial charge in [-0.3, -0.25) is 4.79 Å². The highest BCUT2D eigenvalue weighted by Gasteiger charge is 2.24. The molecular weight excluding hydrogens is 606 g/mol. The highest BCUT2D eigenvalue weighted by Crippen LogP contribution is 2.12. The molecule has 0 aliphatic rings. The zero-order valence-electron chi connectivity index (χ0n) is 20.1. The van der Waals surface area contributed by atoms with Crippen LogP contribution in [0.3, 0.4) is 0 Å². The third-order valence-corrected chi connectivity index (χ3v) is 3.01. The molecule has 0 spiro atoms. The number of hydrogen-bond donors (Lipinski definition) is 1. The maximum Gasteiger partial charge on any atom is 0.519 e. The van der Waals surface area contributed by atoms with Crippen molar-refractivity contribution in [3.8, 4) is 0 Å². The number of halogens is 3. The van der Waals surface area contributed by atoms with E-state index in [0.29, 0.717) is 6.42 Å². The Labute approximate surface area is 214 Å². The van der Waals surface area contributed by atoms with Crippen LogP contribution in [0.15, 0.2) is 0 Å². The van der Waals surface area contributed by atoms with E-state index in [-0.39, 0.29) is 28.6 Å². The third-order valence-electron chi connectivity index (χ3n) is 1.99. The Hall–Kier alpha value is -0.390. The molecule has 31 heavy (non-hydrogen) atoms. The monoisotopic (exact) mass is 643 g/mol. The van der Waals surface area contributed by atoms with Gasteiger partial charge in [0.1, 0.15) is 16.8 Å². The van der Waals surface area contributed by atoms with Crippen LogP contribution in [0.1, 0.15) is 75.2 Å². The van der Waals surface area contributed by atoms with E-state index >= 15 is 0 Å². The van der Waals surface area contributed by atoms with Crippen LogP contribution in [0, 0.1) is 0 Å². The van der Waals surface area contributed by atoms with E-state index in [1.807, 2.05) is 20.8 Å². The second-order valence-electron chi connectivity index (χ2n) is 8.89. The van der Waals surface area contributed by atoms with Gasteiger partial charge in [0.15, 0.2) is 0 Å². The molecule has 188 valence electrons. The summed E-state index contributed by atoms with van der Waals surface area (Å²) in [7, 11) is 0. The lowest BCUT2D eigenvalue weighted by Gasteiger charge is -2.20. The van der Waals surface area contributed by atoms with Crippen LogP contribution in [-0.2, 0) is 23.7 Å². The number of alkyl halides is 2. The highest BCUT2D eigenvalue weighted by molar-refractivity contribution is 9.09. The minimum Gasteiger partial charge on any atom is -0.460 e. The number of esters is 1. The SMILES string of the molecule is Br.CC(C)(C)OC(=O)CCCBr.CC(C)(C)OC(=O)OC(=O)OC(C)(C)C.NCCBr. The minimum absolute atomic E-state index is 0. The van der Waals surface area contributed by atoms with Crippen LogP contribution in [0.5, 0.6) is 0 Å². The van der Waals surface area contributed by atoms with Gasteiger partial charge in [-0.2, -0.15) is 0 Å². The predicted molar refractivity (Wildman–Crippen MR) is 136 cm³/mol. The van der Waals surface area contributed by atoms with Gasteiger partial charge in [-0.05, 0) is 68.7 Å². The van der Waals surface area contributed by atoms with E-state index in [9.17, 15) is 14.4 Å². The summed E-state index contributed by atoms with van der Waals surface area (Å²) in [5.41, 5.74) is 3.25. The number of carbonyl (C=O) groups is 3. The molecule has 0 saturated heterocycles. The fraction of sp³-hybridized carbons (Fsp3) is 0.850. The van der Waals surface area contributed by atoms with E-state index in [0.717, 1.165) is 23.6 Å². The van der Waals surface area contributed by atoms with Crippen LogP contribution in [0.4, 0.5) is 9.59 Å². The largest absolute Gasteiger partial charge is 0.519 e. The van der Waals surface area contributed by atoms with Gasteiger partial charge in [0.25, 0.3) is 0 Å². The van der Waals surface area contributed by atoms with Gasteiger partial charge in [-0.25, -0.2) is 9.59 Å². The molecule has 0 unspecified atom stereocenters. The van der Waals surface area contributed by atoms with E-state index in [1.165, 1.54) is 0 Å². The number of nitrogens with two attached hydrogens (primary N) is 1. The Bertz CT molecular complexity index is 468. The van der Waals surface area contributed by atoms with Crippen LogP contribution in [0.25, 0.3) is 0 Å². The summed E-state index contributed by atoms with van der Waals surface area (Å²) in [4.78, 5) is 33.0. The Kier molecular flexibility index (Phi) is 23.4. The maximum atomic E-state index is 11.0. The summed E-state index contributed by atoms with van der Waals surface area (Å²) >= 11 is 6.37. The average molecular weight is 646 g/mol. The zero-order valence-corrected chi connectivity index (χ0v) is 25.0. The quantitative estimate of drug-likeness (QED) is 0.164. The van der Waals surface area contributed by atoms with E-state index < -0.39 is 23.5 Å². The molecule has 0 rings (SSSR count). The Morgan fingerprint density at radius 2 is 1.03 bits per heavy atom. The lowest BCUT2D eigenvalue weighted by Crippen LogP contribution is -2.29. The Balaban J connectivity index is -0.000000201. The van der Waals surface area contributed by atoms with Gasteiger partial charge in [0, 0.05) is 23.6 Å². The standard InChI is InChI=1S/C10H18O5.C8H15BrO2.C2H6BrN.BrH/c1-9(2,3)14-7(11)13-8(12)15-10(4,5)6;1-8(2,3)11-7(10)5-4-6-9;3-1-2-4;/h1-6H3;4-6H2,1-3H3;1-2,4H2;1H.